The van der Waals surface area contributed by atoms with Crippen LogP contribution >= 0.6 is 0 Å². The molecule has 1 aromatic rings. The minimum atomic E-state index is -0.328. The van der Waals surface area contributed by atoms with Crippen LogP contribution in [0.4, 0.5) is 5.82 Å². The van der Waals surface area contributed by atoms with Gasteiger partial charge in [0.15, 0.2) is 11.5 Å². The molecule has 1 N–H and O–H groups in total. The molecule has 0 saturated heterocycles. The van der Waals surface area contributed by atoms with Crippen molar-refractivity contribution in [3.05, 3.63) is 5.69 Å². The average Bonchev–Trinajstić information content (AvgIpc) is 2.56. The van der Waals surface area contributed by atoms with Crippen molar-refractivity contribution in [1.82, 2.24) is 14.9 Å². The lowest BCUT2D eigenvalue weighted by Crippen LogP contribution is -2.34. The van der Waals surface area contributed by atoms with E-state index < -0.39 is 0 Å². The third kappa shape index (κ3) is 1.32. The van der Waals surface area contributed by atoms with Gasteiger partial charge in [0.2, 0.25) is 5.91 Å². The first kappa shape index (κ1) is 10.5. The molecule has 1 aliphatic rings. The lowest BCUT2D eigenvalue weighted by Gasteiger charge is -2.10. The van der Waals surface area contributed by atoms with Crippen LogP contribution < -0.4 is 15.0 Å². The molecule has 0 radical (unpaired) electrons. The second kappa shape index (κ2) is 3.51. The second-order valence-electron chi connectivity index (χ2n) is 3.47. The summed E-state index contributed by atoms with van der Waals surface area (Å²) in [7, 11) is 4.70. The molecule has 1 aliphatic heterocycles. The van der Waals surface area contributed by atoms with Crippen molar-refractivity contribution in [2.75, 3.05) is 25.6 Å². The normalized spacial score (nSPS) is 15.6. The number of ether oxygens (including phenoxy) is 1. The number of nitrogens with one attached hydrogen (secondary N) is 1. The fraction of sp³-hybridized carbons (Fsp3) is 0.444. The molecule has 2 heterocycles. The second-order valence-corrected chi connectivity index (χ2v) is 3.47. The number of rotatable bonds is 1. The van der Waals surface area contributed by atoms with Crippen molar-refractivity contribution in [1.29, 1.82) is 0 Å². The topological polar surface area (TPSA) is 76.5 Å². The van der Waals surface area contributed by atoms with Crippen LogP contribution in [0, 0.1) is 0 Å². The van der Waals surface area contributed by atoms with Gasteiger partial charge in [-0.05, 0) is 0 Å². The van der Waals surface area contributed by atoms with Gasteiger partial charge in [-0.1, -0.05) is 0 Å². The van der Waals surface area contributed by atoms with E-state index in [2.05, 4.69) is 10.3 Å². The highest BCUT2D eigenvalue weighted by atomic mass is 16.5. The summed E-state index contributed by atoms with van der Waals surface area (Å²) in [6, 6.07) is 0.293. The van der Waals surface area contributed by atoms with Crippen LogP contribution in [0.1, 0.15) is 10.5 Å². The minimum absolute atomic E-state index is 0.0198. The van der Waals surface area contributed by atoms with Gasteiger partial charge in [-0.3, -0.25) is 19.1 Å². The van der Waals surface area contributed by atoms with Gasteiger partial charge in [-0.25, -0.2) is 0 Å². The van der Waals surface area contributed by atoms with Crippen molar-refractivity contribution in [3.8, 4) is 6.01 Å². The monoisotopic (exact) mass is 224 g/mol. The van der Waals surface area contributed by atoms with Gasteiger partial charge < -0.3 is 10.1 Å². The summed E-state index contributed by atoms with van der Waals surface area (Å²) < 4.78 is 6.52. The molecule has 1 aromatic heterocycles. The van der Waals surface area contributed by atoms with E-state index in [1.165, 1.54) is 16.6 Å². The summed E-state index contributed by atoms with van der Waals surface area (Å²) in [6.07, 6.45) is 0. The van der Waals surface area contributed by atoms with Crippen LogP contribution in [0.5, 0.6) is 6.01 Å². The number of aromatic nitrogens is 2. The van der Waals surface area contributed by atoms with Crippen molar-refractivity contribution in [3.63, 3.8) is 0 Å². The molecule has 7 heteroatoms. The lowest BCUT2D eigenvalue weighted by molar-refractivity contribution is -0.117. The molecule has 0 spiro atoms. The van der Waals surface area contributed by atoms with E-state index >= 15 is 0 Å². The van der Waals surface area contributed by atoms with E-state index in [9.17, 15) is 9.59 Å². The molecule has 0 unspecified atom stereocenters. The Hall–Kier alpha value is -2.05. The number of likely N-dealkylation sites (N-methyl/N-ethyl adjacent to an activating group) is 1. The van der Waals surface area contributed by atoms with Crippen molar-refractivity contribution in [2.45, 2.75) is 0 Å². The molecule has 0 aromatic carbocycles. The Morgan fingerprint density at radius 1 is 1.38 bits per heavy atom. The molecule has 0 saturated carbocycles. The zero-order chi connectivity index (χ0) is 11.9. The maximum atomic E-state index is 11.7. The predicted molar refractivity (Wildman–Crippen MR) is 55.5 cm³/mol. The van der Waals surface area contributed by atoms with E-state index in [0.717, 1.165) is 0 Å². The number of anilines is 1. The molecule has 0 atom stereocenters. The predicted octanol–water partition coefficient (Wildman–Crippen LogP) is -0.865. The molecule has 0 aliphatic carbocycles. The number of hydrogen-bond donors (Lipinski definition) is 1. The Morgan fingerprint density at radius 2 is 2.06 bits per heavy atom. The summed E-state index contributed by atoms with van der Waals surface area (Å²) in [5.74, 6) is -0.224. The quantitative estimate of drug-likeness (QED) is 0.673. The molecule has 16 heavy (non-hydrogen) atoms. The van der Waals surface area contributed by atoms with Crippen LogP contribution in [0.3, 0.4) is 0 Å². The number of carbonyl (C=O) groups excluding carboxylic acids is 2. The zero-order valence-electron chi connectivity index (χ0n) is 9.27. The molecule has 7 nitrogen and oxygen atoms in total. The molecule has 86 valence electrons. The number of fused-ring (bicyclic) bond motifs is 1. The number of methoxy groups -OCH3 is 1. The number of carbonyl (C=O) groups is 2. The van der Waals surface area contributed by atoms with Crippen molar-refractivity contribution >= 4 is 17.6 Å². The van der Waals surface area contributed by atoms with Crippen LogP contribution in [-0.2, 0) is 11.8 Å². The molecule has 0 fully saturated rings. The number of amides is 2. The Morgan fingerprint density at radius 3 is 2.69 bits per heavy atom. The van der Waals surface area contributed by atoms with E-state index in [-0.39, 0.29) is 18.4 Å². The van der Waals surface area contributed by atoms with Crippen molar-refractivity contribution < 1.29 is 14.3 Å². The number of imidazole rings is 1. The highest BCUT2D eigenvalue weighted by molar-refractivity contribution is 6.07. The zero-order valence-corrected chi connectivity index (χ0v) is 9.27. The number of hydrogen-bond acceptors (Lipinski definition) is 4. The van der Waals surface area contributed by atoms with E-state index in [4.69, 9.17) is 4.74 Å². The van der Waals surface area contributed by atoms with Gasteiger partial charge in [0.05, 0.1) is 13.7 Å². The first-order valence-corrected chi connectivity index (χ1v) is 4.71. The van der Waals surface area contributed by atoms with Crippen LogP contribution in [0.2, 0.25) is 0 Å². The maximum Gasteiger partial charge on any atom is 0.298 e. The van der Waals surface area contributed by atoms with Gasteiger partial charge in [-0.2, -0.15) is 4.98 Å². The third-order valence-corrected chi connectivity index (χ3v) is 2.53. The summed E-state index contributed by atoms with van der Waals surface area (Å²) >= 11 is 0. The third-order valence-electron chi connectivity index (χ3n) is 2.53. The highest BCUT2D eigenvalue weighted by Gasteiger charge is 2.30. The largest absolute Gasteiger partial charge is 0.468 e. The fourth-order valence-corrected chi connectivity index (χ4v) is 1.61. The summed E-state index contributed by atoms with van der Waals surface area (Å²) in [6.45, 7) is -0.0198. The van der Waals surface area contributed by atoms with E-state index in [1.807, 2.05) is 0 Å². The average molecular weight is 224 g/mol. The van der Waals surface area contributed by atoms with Gasteiger partial charge >= 0.3 is 0 Å². The minimum Gasteiger partial charge on any atom is -0.468 e. The molecule has 2 amide bonds. The van der Waals surface area contributed by atoms with Crippen LogP contribution in [-0.4, -0.2) is 42.1 Å². The number of nitrogens with zero attached hydrogens (tertiary/aromatic N) is 3. The molecule has 0 bridgehead atoms. The Kier molecular flexibility index (Phi) is 2.30. The fourth-order valence-electron chi connectivity index (χ4n) is 1.61. The maximum absolute atomic E-state index is 11.7. The van der Waals surface area contributed by atoms with Crippen molar-refractivity contribution in [2.24, 2.45) is 7.05 Å². The highest BCUT2D eigenvalue weighted by Crippen LogP contribution is 2.25. The summed E-state index contributed by atoms with van der Waals surface area (Å²) in [5.41, 5.74) is 0.324. The van der Waals surface area contributed by atoms with Gasteiger partial charge in [-0.15, -0.1) is 0 Å². The standard InChI is InChI=1S/C9H12N4O3/c1-12-5(14)4-10-8(15)6-7(12)11-9(16-3)13(6)2/h4H2,1-3H3,(H,10,15). The van der Waals surface area contributed by atoms with Crippen LogP contribution in [0.15, 0.2) is 0 Å². The first-order valence-electron chi connectivity index (χ1n) is 4.71. The van der Waals surface area contributed by atoms with Gasteiger partial charge in [0.1, 0.15) is 0 Å². The molecular formula is C9H12N4O3. The first-order chi connectivity index (χ1) is 7.56. The Bertz CT molecular complexity index is 466. The van der Waals surface area contributed by atoms with Gasteiger partial charge in [0.25, 0.3) is 11.9 Å². The van der Waals surface area contributed by atoms with Gasteiger partial charge in [0, 0.05) is 14.1 Å². The Labute approximate surface area is 92.0 Å². The SMILES string of the molecule is COc1nc2c(n1C)C(=O)NCC(=O)N2C. The summed E-state index contributed by atoms with van der Waals surface area (Å²) in [4.78, 5) is 28.7. The molecule has 2 rings (SSSR count). The van der Waals surface area contributed by atoms with E-state index in [1.54, 1.807) is 14.1 Å². The lowest BCUT2D eigenvalue weighted by atomic mass is 10.4. The smallest absolute Gasteiger partial charge is 0.298 e. The molecular weight excluding hydrogens is 212 g/mol. The Balaban J connectivity index is 2.62. The summed E-state index contributed by atoms with van der Waals surface area (Å²) in [5, 5.41) is 2.51. The van der Waals surface area contributed by atoms with Crippen LogP contribution in [0.25, 0.3) is 0 Å². The van der Waals surface area contributed by atoms with E-state index in [0.29, 0.717) is 17.5 Å².